The zero-order chi connectivity index (χ0) is 14.5. The van der Waals surface area contributed by atoms with Gasteiger partial charge < -0.3 is 4.57 Å². The molecule has 0 amide bonds. The zero-order valence-electron chi connectivity index (χ0n) is 11.8. The molecule has 5 heteroatoms. The molecule has 0 bridgehead atoms. The zero-order valence-corrected chi connectivity index (χ0v) is 11.8. The van der Waals surface area contributed by atoms with Gasteiger partial charge in [0, 0.05) is 18.3 Å². The van der Waals surface area contributed by atoms with Crippen LogP contribution in [0.4, 0.5) is 0 Å². The fraction of sp³-hybridized carbons (Fsp3) is 0.643. The maximum Gasteiger partial charge on any atom is 0.328 e. The third-order valence-electron chi connectivity index (χ3n) is 3.22. The number of unbranched alkanes of at least 4 members (excludes halogenated alkanes) is 1. The summed E-state index contributed by atoms with van der Waals surface area (Å²) in [6, 6.07) is 2.26. The number of aromatic nitrogens is 2. The van der Waals surface area contributed by atoms with Gasteiger partial charge in [-0.2, -0.15) is 5.26 Å². The lowest BCUT2D eigenvalue weighted by atomic mass is 9.89. The van der Waals surface area contributed by atoms with Crippen LogP contribution in [0.3, 0.4) is 0 Å². The van der Waals surface area contributed by atoms with Crippen molar-refractivity contribution >= 4 is 0 Å². The van der Waals surface area contributed by atoms with Crippen LogP contribution < -0.4 is 11.2 Å². The van der Waals surface area contributed by atoms with Crippen molar-refractivity contribution in [2.45, 2.75) is 53.0 Å². The molecule has 0 aliphatic heterocycles. The van der Waals surface area contributed by atoms with Crippen molar-refractivity contribution in [3.8, 4) is 6.07 Å². The smallest absolute Gasteiger partial charge is 0.300 e. The molecular formula is C14H21N3O2. The van der Waals surface area contributed by atoms with E-state index >= 15 is 0 Å². The first kappa shape index (κ1) is 15.2. The number of hydrogen-bond donors (Lipinski definition) is 1. The summed E-state index contributed by atoms with van der Waals surface area (Å²) in [4.78, 5) is 25.4. The lowest BCUT2D eigenvalue weighted by Crippen LogP contribution is -2.31. The van der Waals surface area contributed by atoms with Crippen molar-refractivity contribution in [2.75, 3.05) is 0 Å². The molecule has 1 N–H and O–H groups in total. The highest BCUT2D eigenvalue weighted by Gasteiger charge is 2.15. The molecule has 0 saturated heterocycles. The summed E-state index contributed by atoms with van der Waals surface area (Å²) in [5.41, 5.74) is -0.349. The predicted molar refractivity (Wildman–Crippen MR) is 73.9 cm³/mol. The van der Waals surface area contributed by atoms with E-state index in [4.69, 9.17) is 5.26 Å². The standard InChI is InChI=1S/C14H21N3O2/c1-4-11-9-17(13(19)16-12(11)18)8-6-5-7-14(2,3)10-15/h9H,4-8H2,1-3H3,(H,16,18,19). The van der Waals surface area contributed by atoms with Crippen LogP contribution >= 0.6 is 0 Å². The average molecular weight is 263 g/mol. The largest absolute Gasteiger partial charge is 0.328 e. The molecule has 19 heavy (non-hydrogen) atoms. The number of nitriles is 1. The highest BCUT2D eigenvalue weighted by molar-refractivity contribution is 5.03. The topological polar surface area (TPSA) is 78.7 Å². The minimum Gasteiger partial charge on any atom is -0.300 e. The van der Waals surface area contributed by atoms with Crippen LogP contribution in [0, 0.1) is 16.7 Å². The monoisotopic (exact) mass is 263 g/mol. The molecule has 0 spiro atoms. The van der Waals surface area contributed by atoms with Gasteiger partial charge in [0.1, 0.15) is 0 Å². The molecule has 0 saturated carbocycles. The first-order valence-corrected chi connectivity index (χ1v) is 6.63. The van der Waals surface area contributed by atoms with Crippen molar-refractivity contribution in [1.29, 1.82) is 5.26 Å². The summed E-state index contributed by atoms with van der Waals surface area (Å²) in [6.07, 6.45) is 4.75. The summed E-state index contributed by atoms with van der Waals surface area (Å²) in [5, 5.41) is 8.91. The second kappa shape index (κ2) is 6.37. The summed E-state index contributed by atoms with van der Waals surface area (Å²) in [7, 11) is 0. The molecule has 0 radical (unpaired) electrons. The molecule has 0 aliphatic rings. The first-order valence-electron chi connectivity index (χ1n) is 6.63. The van der Waals surface area contributed by atoms with Crippen LogP contribution in [-0.4, -0.2) is 9.55 Å². The van der Waals surface area contributed by atoms with E-state index in [9.17, 15) is 9.59 Å². The van der Waals surface area contributed by atoms with Gasteiger partial charge in [-0.3, -0.25) is 9.78 Å². The van der Waals surface area contributed by atoms with Crippen LogP contribution in [-0.2, 0) is 13.0 Å². The summed E-state index contributed by atoms with van der Waals surface area (Å²) < 4.78 is 1.54. The van der Waals surface area contributed by atoms with Crippen molar-refractivity contribution in [3.63, 3.8) is 0 Å². The molecule has 1 aromatic rings. The Balaban J connectivity index is 2.62. The summed E-state index contributed by atoms with van der Waals surface area (Å²) >= 11 is 0. The maximum atomic E-state index is 11.6. The van der Waals surface area contributed by atoms with E-state index in [0.29, 0.717) is 18.5 Å². The Morgan fingerprint density at radius 3 is 2.63 bits per heavy atom. The lowest BCUT2D eigenvalue weighted by molar-refractivity contribution is 0.414. The number of hydrogen-bond acceptors (Lipinski definition) is 3. The van der Waals surface area contributed by atoms with Crippen molar-refractivity contribution in [3.05, 3.63) is 32.6 Å². The summed E-state index contributed by atoms with van der Waals surface area (Å²) in [5.74, 6) is 0. The van der Waals surface area contributed by atoms with Crippen LogP contribution in [0.2, 0.25) is 0 Å². The van der Waals surface area contributed by atoms with Gasteiger partial charge in [-0.15, -0.1) is 0 Å². The normalized spacial score (nSPS) is 11.3. The van der Waals surface area contributed by atoms with E-state index in [1.807, 2.05) is 20.8 Å². The Morgan fingerprint density at radius 1 is 1.37 bits per heavy atom. The SMILES string of the molecule is CCc1cn(CCCCC(C)(C)C#N)c(=O)[nH]c1=O. The second-order valence-corrected chi connectivity index (χ2v) is 5.41. The van der Waals surface area contributed by atoms with Crippen LogP contribution in [0.15, 0.2) is 15.8 Å². The highest BCUT2D eigenvalue weighted by atomic mass is 16.2. The van der Waals surface area contributed by atoms with E-state index in [0.717, 1.165) is 19.3 Å². The fourth-order valence-corrected chi connectivity index (χ4v) is 1.88. The third-order valence-corrected chi connectivity index (χ3v) is 3.22. The molecule has 0 aromatic carbocycles. The quantitative estimate of drug-likeness (QED) is 0.795. The van der Waals surface area contributed by atoms with E-state index < -0.39 is 0 Å². The maximum absolute atomic E-state index is 11.6. The van der Waals surface area contributed by atoms with Crippen LogP contribution in [0.25, 0.3) is 0 Å². The minimum absolute atomic E-state index is 0.297. The fourth-order valence-electron chi connectivity index (χ4n) is 1.88. The van der Waals surface area contributed by atoms with Crippen LogP contribution in [0.1, 0.15) is 45.6 Å². The molecule has 0 aliphatic carbocycles. The van der Waals surface area contributed by atoms with Crippen molar-refractivity contribution in [1.82, 2.24) is 9.55 Å². The van der Waals surface area contributed by atoms with Gasteiger partial charge in [0.15, 0.2) is 0 Å². The van der Waals surface area contributed by atoms with E-state index in [1.165, 1.54) is 0 Å². The molecular weight excluding hydrogens is 242 g/mol. The third kappa shape index (κ3) is 4.40. The van der Waals surface area contributed by atoms with Gasteiger partial charge >= 0.3 is 5.69 Å². The molecule has 0 fully saturated rings. The second-order valence-electron chi connectivity index (χ2n) is 5.41. The number of nitrogens with one attached hydrogen (secondary N) is 1. The molecule has 5 nitrogen and oxygen atoms in total. The Morgan fingerprint density at radius 2 is 2.05 bits per heavy atom. The first-order chi connectivity index (χ1) is 8.89. The number of aryl methyl sites for hydroxylation is 2. The Labute approximate surface area is 112 Å². The Hall–Kier alpha value is -1.83. The molecule has 1 rings (SSSR count). The van der Waals surface area contributed by atoms with Gasteiger partial charge in [-0.1, -0.05) is 13.3 Å². The van der Waals surface area contributed by atoms with Gasteiger partial charge in [0.05, 0.1) is 11.5 Å². The van der Waals surface area contributed by atoms with Gasteiger partial charge in [0.2, 0.25) is 0 Å². The van der Waals surface area contributed by atoms with E-state index in [-0.39, 0.29) is 16.7 Å². The number of H-pyrrole nitrogens is 1. The summed E-state index contributed by atoms with van der Waals surface area (Å²) in [6.45, 7) is 6.28. The Bertz CT molecular complexity index is 576. The van der Waals surface area contributed by atoms with E-state index in [2.05, 4.69) is 11.1 Å². The van der Waals surface area contributed by atoms with Crippen LogP contribution in [0.5, 0.6) is 0 Å². The number of aromatic amines is 1. The molecule has 1 heterocycles. The van der Waals surface area contributed by atoms with Gasteiger partial charge in [-0.25, -0.2) is 4.79 Å². The molecule has 0 unspecified atom stereocenters. The van der Waals surface area contributed by atoms with Gasteiger partial charge in [-0.05, 0) is 33.1 Å². The lowest BCUT2D eigenvalue weighted by Gasteiger charge is -2.14. The molecule has 104 valence electrons. The molecule has 1 aromatic heterocycles. The number of rotatable bonds is 6. The van der Waals surface area contributed by atoms with E-state index in [1.54, 1.807) is 10.8 Å². The average Bonchev–Trinajstić information content (AvgIpc) is 2.36. The highest BCUT2D eigenvalue weighted by Crippen LogP contribution is 2.21. The Kier molecular flexibility index (Phi) is 5.11. The van der Waals surface area contributed by atoms with Gasteiger partial charge in [0.25, 0.3) is 5.56 Å². The van der Waals surface area contributed by atoms with Crippen molar-refractivity contribution < 1.29 is 0 Å². The minimum atomic E-state index is -0.359. The predicted octanol–water partition coefficient (Wildman–Crippen LogP) is 1.82. The molecule has 0 atom stereocenters. The van der Waals surface area contributed by atoms with Crippen molar-refractivity contribution in [2.24, 2.45) is 5.41 Å². The number of nitrogens with zero attached hydrogens (tertiary/aromatic N) is 2.